The highest BCUT2D eigenvalue weighted by Gasteiger charge is 2.27. The average molecular weight is 400 g/mol. The summed E-state index contributed by atoms with van der Waals surface area (Å²) in [6.45, 7) is 3.41. The van der Waals surface area contributed by atoms with Crippen LogP contribution in [-0.4, -0.2) is 38.5 Å². The highest BCUT2D eigenvalue weighted by Crippen LogP contribution is 2.25. The molecule has 5 nitrogen and oxygen atoms in total. The summed E-state index contributed by atoms with van der Waals surface area (Å²) in [6, 6.07) is 3.01. The van der Waals surface area contributed by atoms with Gasteiger partial charge in [0.1, 0.15) is 6.04 Å². The van der Waals surface area contributed by atoms with Gasteiger partial charge in [-0.15, -0.1) is 0 Å². The van der Waals surface area contributed by atoms with Crippen molar-refractivity contribution in [3.63, 3.8) is 0 Å². The molecule has 0 saturated carbocycles. The highest BCUT2D eigenvalue weighted by atomic mass is 35.5. The topological polar surface area (TPSA) is 72.5 Å². The van der Waals surface area contributed by atoms with E-state index in [1.807, 2.05) is 6.26 Å². The molecule has 0 aromatic heterocycles. The number of ether oxygens (including phenoxy) is 1. The zero-order chi connectivity index (χ0) is 17.6. The Hall–Kier alpha value is -0.470. The Morgan fingerprint density at radius 2 is 1.96 bits per heavy atom. The molecule has 0 bridgehead atoms. The molecular formula is C14H19Cl2NO4S2. The van der Waals surface area contributed by atoms with E-state index in [-0.39, 0.29) is 21.0 Å². The Kier molecular flexibility index (Phi) is 8.17. The summed E-state index contributed by atoms with van der Waals surface area (Å²) < 4.78 is 32.4. The van der Waals surface area contributed by atoms with Gasteiger partial charge >= 0.3 is 5.97 Å². The smallest absolute Gasteiger partial charge is 0.324 e. The summed E-state index contributed by atoms with van der Waals surface area (Å²) in [5.41, 5.74) is 0. The molecule has 1 aromatic rings. The van der Waals surface area contributed by atoms with Gasteiger partial charge in [-0.25, -0.2) is 8.42 Å². The van der Waals surface area contributed by atoms with Crippen LogP contribution in [0.25, 0.3) is 0 Å². The van der Waals surface area contributed by atoms with Gasteiger partial charge in [0, 0.05) is 0 Å². The molecule has 0 heterocycles. The lowest BCUT2D eigenvalue weighted by atomic mass is 10.2. The van der Waals surface area contributed by atoms with E-state index < -0.39 is 22.0 Å². The third kappa shape index (κ3) is 6.51. The van der Waals surface area contributed by atoms with Crippen LogP contribution in [0, 0.1) is 0 Å². The fourth-order valence-corrected chi connectivity index (χ4v) is 3.75. The summed E-state index contributed by atoms with van der Waals surface area (Å²) in [6.07, 6.45) is 1.87. The van der Waals surface area contributed by atoms with Crippen molar-refractivity contribution < 1.29 is 17.9 Å². The van der Waals surface area contributed by atoms with Crippen LogP contribution in [0.1, 0.15) is 20.3 Å². The van der Waals surface area contributed by atoms with E-state index in [1.54, 1.807) is 13.8 Å². The van der Waals surface area contributed by atoms with E-state index in [0.29, 0.717) is 12.2 Å². The molecule has 0 saturated heterocycles. The lowest BCUT2D eigenvalue weighted by Crippen LogP contribution is -2.42. The zero-order valence-electron chi connectivity index (χ0n) is 13.0. The molecule has 23 heavy (non-hydrogen) atoms. The number of hydrogen-bond acceptors (Lipinski definition) is 5. The number of halogens is 2. The lowest BCUT2D eigenvalue weighted by molar-refractivity contribution is -0.149. The maximum atomic E-state index is 12.4. The molecule has 0 spiro atoms. The molecule has 1 rings (SSSR count). The van der Waals surface area contributed by atoms with Crippen molar-refractivity contribution >= 4 is 51.0 Å². The molecule has 1 aromatic carbocycles. The van der Waals surface area contributed by atoms with E-state index >= 15 is 0 Å². The fourth-order valence-electron chi connectivity index (χ4n) is 1.67. The van der Waals surface area contributed by atoms with E-state index in [9.17, 15) is 13.2 Å². The van der Waals surface area contributed by atoms with E-state index in [0.717, 1.165) is 0 Å². The van der Waals surface area contributed by atoms with Gasteiger partial charge < -0.3 is 4.74 Å². The average Bonchev–Trinajstić information content (AvgIpc) is 2.45. The molecule has 1 N–H and O–H groups in total. The predicted molar refractivity (Wildman–Crippen MR) is 94.8 cm³/mol. The molecule has 0 aliphatic heterocycles. The van der Waals surface area contributed by atoms with E-state index in [4.69, 9.17) is 27.9 Å². The Balaban J connectivity index is 2.99. The highest BCUT2D eigenvalue weighted by molar-refractivity contribution is 7.98. The monoisotopic (exact) mass is 399 g/mol. The van der Waals surface area contributed by atoms with Gasteiger partial charge in [0.15, 0.2) is 0 Å². The number of sulfonamides is 1. The van der Waals surface area contributed by atoms with Crippen molar-refractivity contribution in [1.82, 2.24) is 4.72 Å². The number of carbonyl (C=O) groups is 1. The minimum atomic E-state index is -3.91. The summed E-state index contributed by atoms with van der Waals surface area (Å²) >= 11 is 13.2. The van der Waals surface area contributed by atoms with Crippen molar-refractivity contribution in [3.8, 4) is 0 Å². The quantitative estimate of drug-likeness (QED) is 0.678. The molecule has 130 valence electrons. The van der Waals surface area contributed by atoms with Gasteiger partial charge in [-0.1, -0.05) is 23.2 Å². The third-order valence-corrected chi connectivity index (χ3v) is 5.60. The molecule has 0 amide bonds. The van der Waals surface area contributed by atoms with Crippen molar-refractivity contribution in [2.75, 3.05) is 12.0 Å². The number of nitrogens with one attached hydrogen (secondary N) is 1. The number of carbonyl (C=O) groups excluding carboxylic acids is 1. The number of benzene rings is 1. The lowest BCUT2D eigenvalue weighted by Gasteiger charge is -2.19. The van der Waals surface area contributed by atoms with Gasteiger partial charge in [0.2, 0.25) is 10.0 Å². The summed E-state index contributed by atoms with van der Waals surface area (Å²) in [7, 11) is -3.91. The summed E-state index contributed by atoms with van der Waals surface area (Å²) in [5, 5.41) is 0.378. The zero-order valence-corrected chi connectivity index (χ0v) is 16.2. The standard InChI is InChI=1S/C14H19Cl2NO4S2/c1-9(2)21-14(18)13(6-7-22-3)17-23(19,20)10-4-5-11(15)12(16)8-10/h4-5,8-9,13,17H,6-7H2,1-3H3. The molecule has 0 aliphatic rings. The Labute approximate surface area is 151 Å². The van der Waals surface area contributed by atoms with Crippen LogP contribution in [0.15, 0.2) is 23.1 Å². The van der Waals surface area contributed by atoms with Crippen LogP contribution in [0.5, 0.6) is 0 Å². The number of esters is 1. The van der Waals surface area contributed by atoms with E-state index in [1.165, 1.54) is 30.0 Å². The van der Waals surface area contributed by atoms with Crippen molar-refractivity contribution in [2.24, 2.45) is 0 Å². The van der Waals surface area contributed by atoms with E-state index in [2.05, 4.69) is 4.72 Å². The molecule has 1 unspecified atom stereocenters. The number of rotatable bonds is 8. The second-order valence-electron chi connectivity index (χ2n) is 5.02. The van der Waals surface area contributed by atoms with Gasteiger partial charge in [-0.3, -0.25) is 4.79 Å². The van der Waals surface area contributed by atoms with Gasteiger partial charge in [-0.2, -0.15) is 16.5 Å². The van der Waals surface area contributed by atoms with Crippen LogP contribution in [0.4, 0.5) is 0 Å². The molecule has 1 atom stereocenters. The Morgan fingerprint density at radius 1 is 1.30 bits per heavy atom. The number of thioether (sulfide) groups is 1. The minimum absolute atomic E-state index is 0.0570. The second kappa shape index (κ2) is 9.13. The summed E-state index contributed by atoms with van der Waals surface area (Å²) in [5.74, 6) is 0.0135. The maximum absolute atomic E-state index is 12.4. The molecular weight excluding hydrogens is 381 g/mol. The van der Waals surface area contributed by atoms with Crippen LogP contribution >= 0.6 is 35.0 Å². The fraction of sp³-hybridized carbons (Fsp3) is 0.500. The first-order valence-electron chi connectivity index (χ1n) is 6.84. The minimum Gasteiger partial charge on any atom is -0.462 e. The van der Waals surface area contributed by atoms with Crippen molar-refractivity contribution in [1.29, 1.82) is 0 Å². The van der Waals surface area contributed by atoms with Crippen LogP contribution in [0.2, 0.25) is 10.0 Å². The van der Waals surface area contributed by atoms with Gasteiger partial charge in [-0.05, 0) is 50.5 Å². The Morgan fingerprint density at radius 3 is 2.48 bits per heavy atom. The van der Waals surface area contributed by atoms with Crippen LogP contribution < -0.4 is 4.72 Å². The van der Waals surface area contributed by atoms with Crippen LogP contribution in [-0.2, 0) is 19.6 Å². The van der Waals surface area contributed by atoms with Crippen LogP contribution in [0.3, 0.4) is 0 Å². The molecule has 0 aliphatic carbocycles. The molecule has 9 heteroatoms. The SMILES string of the molecule is CSCCC(NS(=O)(=O)c1ccc(Cl)c(Cl)c1)C(=O)OC(C)C. The van der Waals surface area contributed by atoms with Gasteiger partial charge in [0.05, 0.1) is 21.0 Å². The Bertz CT molecular complexity index is 650. The van der Waals surface area contributed by atoms with Gasteiger partial charge in [0.25, 0.3) is 0 Å². The third-order valence-electron chi connectivity index (χ3n) is 2.75. The second-order valence-corrected chi connectivity index (χ2v) is 8.53. The molecule has 0 fully saturated rings. The normalized spacial score (nSPS) is 13.1. The predicted octanol–water partition coefficient (Wildman–Crippen LogP) is 3.35. The first-order valence-corrected chi connectivity index (χ1v) is 10.5. The number of hydrogen-bond donors (Lipinski definition) is 1. The summed E-state index contributed by atoms with van der Waals surface area (Å²) in [4.78, 5) is 12.0. The molecule has 0 radical (unpaired) electrons. The first kappa shape index (κ1) is 20.6. The van der Waals surface area contributed by atoms with Crippen molar-refractivity contribution in [3.05, 3.63) is 28.2 Å². The first-order chi connectivity index (χ1) is 10.7. The van der Waals surface area contributed by atoms with Crippen molar-refractivity contribution in [2.45, 2.75) is 37.3 Å². The largest absolute Gasteiger partial charge is 0.462 e. The maximum Gasteiger partial charge on any atom is 0.324 e.